The molecule has 0 spiro atoms. The number of amides is 2. The highest BCUT2D eigenvalue weighted by atomic mass is 19.2. The number of likely N-dealkylation sites (N-methyl/N-ethyl adjacent to an activating group) is 1. The van der Waals surface area contributed by atoms with Crippen molar-refractivity contribution in [3.8, 4) is 0 Å². The number of rotatable bonds is 3. The van der Waals surface area contributed by atoms with Crippen molar-refractivity contribution in [3.63, 3.8) is 0 Å². The van der Waals surface area contributed by atoms with Crippen LogP contribution >= 0.6 is 0 Å². The van der Waals surface area contributed by atoms with Crippen molar-refractivity contribution in [2.75, 3.05) is 13.6 Å². The van der Waals surface area contributed by atoms with E-state index in [4.69, 9.17) is 5.73 Å². The van der Waals surface area contributed by atoms with Gasteiger partial charge in [-0.1, -0.05) is 6.07 Å². The molecule has 1 aromatic carbocycles. The second kappa shape index (κ2) is 5.38. The van der Waals surface area contributed by atoms with Crippen molar-refractivity contribution in [2.45, 2.75) is 6.42 Å². The Morgan fingerprint density at radius 1 is 1.29 bits per heavy atom. The van der Waals surface area contributed by atoms with Gasteiger partial charge in [0.15, 0.2) is 11.6 Å². The first-order valence-corrected chi connectivity index (χ1v) is 4.90. The Hall–Kier alpha value is -1.98. The lowest BCUT2D eigenvalue weighted by Crippen LogP contribution is -2.38. The van der Waals surface area contributed by atoms with Crippen molar-refractivity contribution < 1.29 is 18.4 Å². The second-order valence-electron chi connectivity index (χ2n) is 3.59. The van der Waals surface area contributed by atoms with Gasteiger partial charge < -0.3 is 10.6 Å². The largest absolute Gasteiger partial charge is 0.361 e. The minimum absolute atomic E-state index is 0.201. The summed E-state index contributed by atoms with van der Waals surface area (Å²) in [4.78, 5) is 22.8. The first-order chi connectivity index (χ1) is 7.91. The number of hydrogen-bond donors (Lipinski definition) is 1. The molecule has 0 saturated heterocycles. The second-order valence-corrected chi connectivity index (χ2v) is 3.59. The van der Waals surface area contributed by atoms with Gasteiger partial charge in [-0.2, -0.15) is 0 Å². The fourth-order valence-electron chi connectivity index (χ4n) is 1.28. The number of hydrogen-bond acceptors (Lipinski definition) is 2. The number of halogens is 2. The number of primary amides is 1. The molecule has 17 heavy (non-hydrogen) atoms. The fraction of sp³-hybridized carbons (Fsp3) is 0.273. The van der Waals surface area contributed by atoms with Crippen molar-refractivity contribution in [1.82, 2.24) is 4.90 Å². The van der Waals surface area contributed by atoms with E-state index < -0.39 is 23.4 Å². The van der Waals surface area contributed by atoms with E-state index in [9.17, 15) is 18.4 Å². The molecule has 0 aromatic heterocycles. The van der Waals surface area contributed by atoms with Gasteiger partial charge >= 0.3 is 11.8 Å². The lowest BCUT2D eigenvalue weighted by atomic mass is 10.1. The Labute approximate surface area is 97.0 Å². The molecule has 92 valence electrons. The highest BCUT2D eigenvalue weighted by Crippen LogP contribution is 2.09. The minimum atomic E-state index is -1.04. The zero-order chi connectivity index (χ0) is 13.0. The quantitative estimate of drug-likeness (QED) is 0.782. The maximum atomic E-state index is 12.9. The van der Waals surface area contributed by atoms with Gasteiger partial charge in [0.25, 0.3) is 0 Å². The monoisotopic (exact) mass is 242 g/mol. The minimum Gasteiger partial charge on any atom is -0.361 e. The fourth-order valence-corrected chi connectivity index (χ4v) is 1.28. The molecule has 2 amide bonds. The average molecular weight is 242 g/mol. The molecule has 0 saturated carbocycles. The van der Waals surface area contributed by atoms with Crippen LogP contribution in [0.4, 0.5) is 8.78 Å². The normalized spacial score (nSPS) is 10.1. The summed E-state index contributed by atoms with van der Waals surface area (Å²) < 4.78 is 25.5. The third kappa shape index (κ3) is 3.51. The summed E-state index contributed by atoms with van der Waals surface area (Å²) in [6.45, 7) is 0.201. The average Bonchev–Trinajstić information content (AvgIpc) is 2.29. The molecule has 1 rings (SSSR count). The molecule has 2 N–H and O–H groups in total. The molecule has 1 aromatic rings. The van der Waals surface area contributed by atoms with Crippen molar-refractivity contribution in [1.29, 1.82) is 0 Å². The first kappa shape index (κ1) is 13.1. The Morgan fingerprint density at radius 2 is 1.94 bits per heavy atom. The van der Waals surface area contributed by atoms with Crippen molar-refractivity contribution >= 4 is 11.8 Å². The van der Waals surface area contributed by atoms with Crippen LogP contribution < -0.4 is 5.73 Å². The highest BCUT2D eigenvalue weighted by molar-refractivity contribution is 6.34. The Kier molecular flexibility index (Phi) is 4.14. The van der Waals surface area contributed by atoms with Crippen molar-refractivity contribution in [3.05, 3.63) is 35.4 Å². The molecule has 0 bridgehead atoms. The summed E-state index contributed by atoms with van der Waals surface area (Å²) in [6.07, 6.45) is 0.312. The predicted octanol–water partition coefficient (Wildman–Crippen LogP) is 0.451. The van der Waals surface area contributed by atoms with Gasteiger partial charge in [-0.15, -0.1) is 0 Å². The van der Waals surface area contributed by atoms with Crippen LogP contribution in [0, 0.1) is 11.6 Å². The molecule has 4 nitrogen and oxygen atoms in total. The van der Waals surface area contributed by atoms with E-state index in [1.165, 1.54) is 13.1 Å². The molecule has 0 atom stereocenters. The molecule has 0 aliphatic carbocycles. The third-order valence-corrected chi connectivity index (χ3v) is 2.28. The lowest BCUT2D eigenvalue weighted by Gasteiger charge is -2.14. The summed E-state index contributed by atoms with van der Waals surface area (Å²) >= 11 is 0. The number of nitrogens with zero attached hydrogens (tertiary/aromatic N) is 1. The summed E-state index contributed by atoms with van der Waals surface area (Å²) in [5, 5.41) is 0. The van der Waals surface area contributed by atoms with Gasteiger partial charge in [-0.25, -0.2) is 8.78 Å². The smallest absolute Gasteiger partial charge is 0.311 e. The molecule has 0 unspecified atom stereocenters. The molecular formula is C11H12F2N2O2. The predicted molar refractivity (Wildman–Crippen MR) is 56.9 cm³/mol. The maximum Gasteiger partial charge on any atom is 0.311 e. The van der Waals surface area contributed by atoms with E-state index >= 15 is 0 Å². The van der Waals surface area contributed by atoms with Crippen LogP contribution in [0.5, 0.6) is 0 Å². The summed E-state index contributed by atoms with van der Waals surface area (Å²) in [5.41, 5.74) is 5.35. The van der Waals surface area contributed by atoms with Crippen LogP contribution in [0.2, 0.25) is 0 Å². The van der Waals surface area contributed by atoms with E-state index in [2.05, 4.69) is 0 Å². The topological polar surface area (TPSA) is 63.4 Å². The van der Waals surface area contributed by atoms with Crippen LogP contribution in [0.15, 0.2) is 18.2 Å². The molecule has 0 radical (unpaired) electrons. The summed E-state index contributed by atoms with van der Waals surface area (Å²) in [7, 11) is 1.41. The lowest BCUT2D eigenvalue weighted by molar-refractivity contribution is -0.143. The Balaban J connectivity index is 2.58. The summed E-state index contributed by atoms with van der Waals surface area (Å²) in [6, 6.07) is 3.49. The van der Waals surface area contributed by atoms with Crippen LogP contribution in [0.3, 0.4) is 0 Å². The molecular weight excluding hydrogens is 230 g/mol. The summed E-state index contributed by atoms with van der Waals surface area (Å²) in [5.74, 6) is -3.72. The highest BCUT2D eigenvalue weighted by Gasteiger charge is 2.14. The van der Waals surface area contributed by atoms with E-state index in [0.29, 0.717) is 12.0 Å². The SMILES string of the molecule is CN(CCc1ccc(F)c(F)c1)C(=O)C(N)=O. The van der Waals surface area contributed by atoms with Crippen LogP contribution in [0.25, 0.3) is 0 Å². The zero-order valence-electron chi connectivity index (χ0n) is 9.24. The van der Waals surface area contributed by atoms with E-state index in [-0.39, 0.29) is 6.54 Å². The number of carbonyl (C=O) groups is 2. The van der Waals surface area contributed by atoms with Gasteiger partial charge in [0.1, 0.15) is 0 Å². The van der Waals surface area contributed by atoms with Crippen LogP contribution in [-0.4, -0.2) is 30.3 Å². The van der Waals surface area contributed by atoms with Crippen LogP contribution in [0.1, 0.15) is 5.56 Å². The van der Waals surface area contributed by atoms with Gasteiger partial charge in [0.2, 0.25) is 0 Å². The maximum absolute atomic E-state index is 12.9. The van der Waals surface area contributed by atoms with Gasteiger partial charge in [-0.05, 0) is 24.1 Å². The van der Waals surface area contributed by atoms with E-state index in [0.717, 1.165) is 17.0 Å². The number of carbonyl (C=O) groups excluding carboxylic acids is 2. The number of benzene rings is 1. The molecule has 0 aliphatic rings. The first-order valence-electron chi connectivity index (χ1n) is 4.90. The van der Waals surface area contributed by atoms with Crippen molar-refractivity contribution in [2.24, 2.45) is 5.73 Å². The molecule has 0 aliphatic heterocycles. The van der Waals surface area contributed by atoms with Gasteiger partial charge in [-0.3, -0.25) is 9.59 Å². The number of nitrogens with two attached hydrogens (primary N) is 1. The molecule has 0 fully saturated rings. The van der Waals surface area contributed by atoms with Gasteiger partial charge in [0.05, 0.1) is 0 Å². The third-order valence-electron chi connectivity index (χ3n) is 2.28. The molecule has 6 heteroatoms. The zero-order valence-corrected chi connectivity index (χ0v) is 9.24. The van der Waals surface area contributed by atoms with Crippen LogP contribution in [-0.2, 0) is 16.0 Å². The Morgan fingerprint density at radius 3 is 2.47 bits per heavy atom. The van der Waals surface area contributed by atoms with Gasteiger partial charge in [0, 0.05) is 13.6 Å². The Bertz CT molecular complexity index is 449. The van der Waals surface area contributed by atoms with E-state index in [1.54, 1.807) is 0 Å². The van der Waals surface area contributed by atoms with E-state index in [1.807, 2.05) is 0 Å². The molecule has 0 heterocycles. The standard InChI is InChI=1S/C11H12F2N2O2/c1-15(11(17)10(14)16)5-4-7-2-3-8(12)9(13)6-7/h2-3,6H,4-5H2,1H3,(H2,14,16).